The molecule has 0 aliphatic carbocycles. The lowest BCUT2D eigenvalue weighted by Crippen LogP contribution is -2.36. The Morgan fingerprint density at radius 2 is 2.16 bits per heavy atom. The molecule has 0 aliphatic heterocycles. The molecule has 1 atom stereocenters. The first-order valence-corrected chi connectivity index (χ1v) is 5.58. The van der Waals surface area contributed by atoms with Crippen molar-refractivity contribution in [3.63, 3.8) is 0 Å². The number of anilines is 1. The monoisotopic (exact) mass is 296 g/mol. The number of nitrogens with one attached hydrogen (secondary N) is 1. The molecule has 8 heteroatoms. The first-order valence-electron chi connectivity index (χ1n) is 5.20. The van der Waals surface area contributed by atoms with Gasteiger partial charge in [0.1, 0.15) is 6.10 Å². The van der Waals surface area contributed by atoms with Crippen LogP contribution < -0.4 is 11.1 Å². The van der Waals surface area contributed by atoms with Gasteiger partial charge in [0.2, 0.25) is 0 Å². The van der Waals surface area contributed by atoms with E-state index >= 15 is 0 Å². The van der Waals surface area contributed by atoms with E-state index < -0.39 is 23.8 Å². The number of carbonyl (C=O) groups excluding carboxylic acids is 1. The highest BCUT2D eigenvalue weighted by molar-refractivity contribution is 6.33. The van der Waals surface area contributed by atoms with Crippen LogP contribution in [0.2, 0.25) is 5.02 Å². The average Bonchev–Trinajstić information content (AvgIpc) is 2.32. The molecule has 0 aromatic heterocycles. The molecule has 1 amide bonds. The number of halogens is 4. The van der Waals surface area contributed by atoms with Crippen molar-refractivity contribution >= 4 is 23.2 Å². The van der Waals surface area contributed by atoms with Gasteiger partial charge in [-0.1, -0.05) is 11.6 Å². The zero-order valence-corrected chi connectivity index (χ0v) is 10.7. The molecule has 0 fully saturated rings. The minimum absolute atomic E-state index is 0.0550. The Labute approximate surface area is 112 Å². The van der Waals surface area contributed by atoms with Gasteiger partial charge in [-0.15, -0.1) is 0 Å². The highest BCUT2D eigenvalue weighted by Crippen LogP contribution is 2.33. The molecule has 4 nitrogen and oxygen atoms in total. The lowest BCUT2D eigenvalue weighted by Gasteiger charge is -2.15. The van der Waals surface area contributed by atoms with Crippen LogP contribution in [0.3, 0.4) is 0 Å². The number of alkyl halides is 3. The Kier molecular flexibility index (Phi) is 5.16. The number of hydrogen-bond acceptors (Lipinski definition) is 3. The molecule has 1 aromatic rings. The number of benzene rings is 1. The molecule has 0 saturated carbocycles. The van der Waals surface area contributed by atoms with Crippen molar-refractivity contribution in [3.05, 3.63) is 28.8 Å². The van der Waals surface area contributed by atoms with E-state index in [2.05, 4.69) is 5.32 Å². The van der Waals surface area contributed by atoms with Crippen LogP contribution >= 0.6 is 11.6 Å². The number of carbonyl (C=O) groups is 1. The van der Waals surface area contributed by atoms with E-state index in [-0.39, 0.29) is 17.3 Å². The van der Waals surface area contributed by atoms with Crippen molar-refractivity contribution in [2.75, 3.05) is 19.0 Å². The van der Waals surface area contributed by atoms with Gasteiger partial charge in [-0.2, -0.15) is 13.2 Å². The molecule has 19 heavy (non-hydrogen) atoms. The van der Waals surface area contributed by atoms with Crippen LogP contribution in [0.1, 0.15) is 5.56 Å². The molecule has 0 bridgehead atoms. The summed E-state index contributed by atoms with van der Waals surface area (Å²) in [6, 6.07) is 2.64. The van der Waals surface area contributed by atoms with E-state index in [0.717, 1.165) is 18.2 Å². The van der Waals surface area contributed by atoms with Crippen LogP contribution in [-0.4, -0.2) is 25.7 Å². The quantitative estimate of drug-likeness (QED) is 0.896. The third-order valence-electron chi connectivity index (χ3n) is 2.35. The summed E-state index contributed by atoms with van der Waals surface area (Å²) in [4.78, 5) is 11.6. The van der Waals surface area contributed by atoms with E-state index in [1.54, 1.807) is 0 Å². The number of amides is 1. The van der Waals surface area contributed by atoms with Crippen molar-refractivity contribution in [1.82, 2.24) is 0 Å². The highest BCUT2D eigenvalue weighted by Gasteiger charge is 2.31. The summed E-state index contributed by atoms with van der Waals surface area (Å²) >= 11 is 5.68. The molecule has 106 valence electrons. The van der Waals surface area contributed by atoms with E-state index in [1.165, 1.54) is 7.11 Å². The number of rotatable bonds is 4. The normalized spacial score (nSPS) is 13.2. The van der Waals surface area contributed by atoms with E-state index in [4.69, 9.17) is 22.1 Å². The summed E-state index contributed by atoms with van der Waals surface area (Å²) in [6.45, 7) is -0.0550. The Hall–Kier alpha value is -1.31. The van der Waals surface area contributed by atoms with Crippen molar-refractivity contribution in [1.29, 1.82) is 0 Å². The number of hydrogen-bond donors (Lipinski definition) is 2. The smallest absolute Gasteiger partial charge is 0.370 e. The van der Waals surface area contributed by atoms with Crippen LogP contribution in [0.15, 0.2) is 18.2 Å². The summed E-state index contributed by atoms with van der Waals surface area (Å²) < 4.78 is 42.0. The maximum Gasteiger partial charge on any atom is 0.416 e. The van der Waals surface area contributed by atoms with Crippen LogP contribution in [0.25, 0.3) is 0 Å². The Morgan fingerprint density at radius 3 is 2.58 bits per heavy atom. The fraction of sp³-hybridized carbons (Fsp3) is 0.364. The fourth-order valence-corrected chi connectivity index (χ4v) is 1.54. The maximum atomic E-state index is 12.4. The zero-order valence-electron chi connectivity index (χ0n) is 9.92. The number of nitrogens with two attached hydrogens (primary N) is 1. The molecule has 0 spiro atoms. The van der Waals surface area contributed by atoms with Crippen molar-refractivity contribution in [2.45, 2.75) is 12.3 Å². The summed E-state index contributed by atoms with van der Waals surface area (Å²) in [5, 5.41) is 2.13. The van der Waals surface area contributed by atoms with Gasteiger partial charge < -0.3 is 15.8 Å². The molecule has 1 aromatic carbocycles. The van der Waals surface area contributed by atoms with Gasteiger partial charge >= 0.3 is 6.18 Å². The van der Waals surface area contributed by atoms with Crippen molar-refractivity contribution in [2.24, 2.45) is 5.73 Å². The molecule has 0 aliphatic rings. The van der Waals surface area contributed by atoms with Gasteiger partial charge in [-0.25, -0.2) is 0 Å². The summed E-state index contributed by atoms with van der Waals surface area (Å²) in [6.07, 6.45) is -5.38. The third kappa shape index (κ3) is 4.09. The Balaban J connectivity index is 2.89. The molecule has 1 rings (SSSR count). The molecule has 0 saturated heterocycles. The second-order valence-corrected chi connectivity index (χ2v) is 4.05. The van der Waals surface area contributed by atoms with E-state index in [1.807, 2.05) is 0 Å². The van der Waals surface area contributed by atoms with E-state index in [0.29, 0.717) is 0 Å². The van der Waals surface area contributed by atoms with Crippen LogP contribution in [0.4, 0.5) is 18.9 Å². The Morgan fingerprint density at radius 1 is 1.53 bits per heavy atom. The minimum Gasteiger partial charge on any atom is -0.370 e. The topological polar surface area (TPSA) is 64.3 Å². The predicted octanol–water partition coefficient (Wildman–Crippen LogP) is 2.27. The second kappa shape index (κ2) is 6.23. The SMILES string of the molecule is COC(CN)C(=O)Nc1ccc(C(F)(F)F)cc1Cl. The minimum atomic E-state index is -4.49. The van der Waals surface area contributed by atoms with Gasteiger partial charge in [0.15, 0.2) is 0 Å². The molecule has 0 heterocycles. The van der Waals surface area contributed by atoms with Gasteiger partial charge in [0.25, 0.3) is 5.91 Å². The first kappa shape index (κ1) is 15.7. The van der Waals surface area contributed by atoms with Crippen LogP contribution in [0, 0.1) is 0 Å². The maximum absolute atomic E-state index is 12.4. The molecular formula is C11H12ClF3N2O2. The van der Waals surface area contributed by atoms with Gasteiger partial charge in [0.05, 0.1) is 16.3 Å². The largest absolute Gasteiger partial charge is 0.416 e. The molecular weight excluding hydrogens is 285 g/mol. The Bertz CT molecular complexity index is 462. The van der Waals surface area contributed by atoms with Crippen molar-refractivity contribution < 1.29 is 22.7 Å². The first-order chi connectivity index (χ1) is 8.79. The van der Waals surface area contributed by atoms with Gasteiger partial charge in [0, 0.05) is 13.7 Å². The molecule has 0 radical (unpaired) electrons. The summed E-state index contributed by atoms with van der Waals surface area (Å²) in [7, 11) is 1.30. The average molecular weight is 297 g/mol. The summed E-state index contributed by atoms with van der Waals surface area (Å²) in [5.74, 6) is -0.577. The third-order valence-corrected chi connectivity index (χ3v) is 2.66. The van der Waals surface area contributed by atoms with Crippen LogP contribution in [0.5, 0.6) is 0 Å². The number of ether oxygens (including phenoxy) is 1. The van der Waals surface area contributed by atoms with Gasteiger partial charge in [-0.3, -0.25) is 4.79 Å². The molecule has 1 unspecified atom stereocenters. The predicted molar refractivity (Wildman–Crippen MR) is 64.9 cm³/mol. The lowest BCUT2D eigenvalue weighted by atomic mass is 10.2. The second-order valence-electron chi connectivity index (χ2n) is 3.64. The van der Waals surface area contributed by atoms with Crippen LogP contribution in [-0.2, 0) is 15.7 Å². The lowest BCUT2D eigenvalue weighted by molar-refractivity contribution is -0.137. The fourth-order valence-electron chi connectivity index (χ4n) is 1.32. The summed E-state index contributed by atoms with van der Waals surface area (Å²) in [5.41, 5.74) is 4.46. The van der Waals surface area contributed by atoms with Crippen molar-refractivity contribution in [3.8, 4) is 0 Å². The van der Waals surface area contributed by atoms with Gasteiger partial charge in [-0.05, 0) is 18.2 Å². The standard InChI is InChI=1S/C11H12ClF3N2O2/c1-19-9(5-16)10(18)17-8-3-2-6(4-7(8)12)11(13,14)15/h2-4,9H,5,16H2,1H3,(H,17,18). The molecule has 3 N–H and O–H groups in total. The highest BCUT2D eigenvalue weighted by atomic mass is 35.5. The zero-order chi connectivity index (χ0) is 14.6. The van der Waals surface area contributed by atoms with E-state index in [9.17, 15) is 18.0 Å². The number of methoxy groups -OCH3 is 1.